The molecule has 1 aromatic rings. The van der Waals surface area contributed by atoms with Crippen LogP contribution in [0.4, 0.5) is 5.69 Å². The lowest BCUT2D eigenvalue weighted by Gasteiger charge is -2.37. The summed E-state index contributed by atoms with van der Waals surface area (Å²) in [5, 5.41) is 0.905. The molecule has 1 aliphatic rings. The zero-order chi connectivity index (χ0) is 14.7. The van der Waals surface area contributed by atoms with E-state index in [9.17, 15) is 0 Å². The average Bonchev–Trinajstić information content (AvgIpc) is 2.38. The second-order valence-corrected chi connectivity index (χ2v) is 6.95. The van der Waals surface area contributed by atoms with Crippen LogP contribution in [0.25, 0.3) is 0 Å². The summed E-state index contributed by atoms with van der Waals surface area (Å²) in [5.41, 5.74) is 2.51. The molecule has 0 aromatic heterocycles. The Morgan fingerprint density at radius 1 is 1.05 bits per heavy atom. The summed E-state index contributed by atoms with van der Waals surface area (Å²) in [6.45, 7) is 14.7. The number of nitrogens with zero attached hydrogens (tertiary/aromatic N) is 2. The second kappa shape index (κ2) is 6.82. The van der Waals surface area contributed by atoms with Crippen molar-refractivity contribution < 1.29 is 0 Å². The molecule has 112 valence electrons. The van der Waals surface area contributed by atoms with Crippen LogP contribution in [0.2, 0.25) is 5.02 Å². The molecule has 0 saturated carbocycles. The quantitative estimate of drug-likeness (QED) is 0.819. The van der Waals surface area contributed by atoms with Crippen LogP contribution in [0.1, 0.15) is 39.2 Å². The molecule has 0 bridgehead atoms. The smallest absolute Gasteiger partial charge is 0.0461 e. The van der Waals surface area contributed by atoms with Crippen molar-refractivity contribution >= 4 is 17.3 Å². The monoisotopic (exact) mass is 294 g/mol. The lowest BCUT2D eigenvalue weighted by atomic mass is 10.0. The summed E-state index contributed by atoms with van der Waals surface area (Å²) in [6, 6.07) is 6.54. The van der Waals surface area contributed by atoms with E-state index in [1.165, 1.54) is 17.8 Å². The first kappa shape index (κ1) is 15.7. The van der Waals surface area contributed by atoms with Crippen LogP contribution in [0.5, 0.6) is 0 Å². The molecular formula is C17H27ClN2. The Morgan fingerprint density at radius 3 is 2.20 bits per heavy atom. The van der Waals surface area contributed by atoms with Crippen LogP contribution in [-0.2, 0) is 0 Å². The summed E-state index contributed by atoms with van der Waals surface area (Å²) in [5.74, 6) is 1.24. The van der Waals surface area contributed by atoms with Gasteiger partial charge >= 0.3 is 0 Å². The minimum Gasteiger partial charge on any atom is -0.369 e. The first-order valence-corrected chi connectivity index (χ1v) is 8.12. The zero-order valence-corrected chi connectivity index (χ0v) is 14.0. The predicted octanol–water partition coefficient (Wildman–Crippen LogP) is 4.24. The molecule has 1 saturated heterocycles. The molecule has 0 atom stereocenters. The van der Waals surface area contributed by atoms with Gasteiger partial charge in [-0.3, -0.25) is 4.90 Å². The molecule has 1 aromatic carbocycles. The molecule has 1 fully saturated rings. The SMILES string of the molecule is CC(C)CN1CCN(c2ccc(C(C)C)c(Cl)c2)CC1. The van der Waals surface area contributed by atoms with Crippen molar-refractivity contribution in [1.29, 1.82) is 0 Å². The average molecular weight is 295 g/mol. The molecule has 1 aliphatic heterocycles. The molecule has 0 aliphatic carbocycles. The van der Waals surface area contributed by atoms with Crippen molar-refractivity contribution in [2.45, 2.75) is 33.6 Å². The van der Waals surface area contributed by atoms with Gasteiger partial charge in [0.1, 0.15) is 0 Å². The molecule has 0 unspecified atom stereocenters. The van der Waals surface area contributed by atoms with Crippen molar-refractivity contribution in [3.8, 4) is 0 Å². The molecule has 20 heavy (non-hydrogen) atoms. The van der Waals surface area contributed by atoms with Gasteiger partial charge in [0.25, 0.3) is 0 Å². The lowest BCUT2D eigenvalue weighted by molar-refractivity contribution is 0.231. The number of rotatable bonds is 4. The van der Waals surface area contributed by atoms with Crippen molar-refractivity contribution in [3.05, 3.63) is 28.8 Å². The Balaban J connectivity index is 1.98. The Morgan fingerprint density at radius 2 is 1.70 bits per heavy atom. The highest BCUT2D eigenvalue weighted by molar-refractivity contribution is 6.31. The maximum absolute atomic E-state index is 6.40. The highest BCUT2D eigenvalue weighted by Gasteiger charge is 2.18. The molecule has 0 radical (unpaired) electrons. The fourth-order valence-electron chi connectivity index (χ4n) is 2.89. The minimum absolute atomic E-state index is 0.486. The van der Waals surface area contributed by atoms with Gasteiger partial charge in [-0.05, 0) is 29.5 Å². The van der Waals surface area contributed by atoms with Crippen molar-refractivity contribution in [1.82, 2.24) is 4.90 Å². The van der Waals surface area contributed by atoms with E-state index in [0.29, 0.717) is 5.92 Å². The summed E-state index contributed by atoms with van der Waals surface area (Å²) < 4.78 is 0. The van der Waals surface area contributed by atoms with Crippen LogP contribution in [0.15, 0.2) is 18.2 Å². The fourth-order valence-corrected chi connectivity index (χ4v) is 3.28. The van der Waals surface area contributed by atoms with Crippen LogP contribution < -0.4 is 4.90 Å². The molecule has 2 nitrogen and oxygen atoms in total. The second-order valence-electron chi connectivity index (χ2n) is 6.54. The Hall–Kier alpha value is -0.730. The molecule has 0 spiro atoms. The number of anilines is 1. The van der Waals surface area contributed by atoms with Gasteiger partial charge in [0.15, 0.2) is 0 Å². The largest absolute Gasteiger partial charge is 0.369 e. The number of halogens is 1. The Labute approximate surface area is 128 Å². The molecular weight excluding hydrogens is 268 g/mol. The molecule has 3 heteroatoms. The minimum atomic E-state index is 0.486. The summed E-state index contributed by atoms with van der Waals surface area (Å²) in [7, 11) is 0. The van der Waals surface area contributed by atoms with Crippen LogP contribution >= 0.6 is 11.6 Å². The standard InChI is InChI=1S/C17H27ClN2/c1-13(2)12-19-7-9-20(10-8-19)15-5-6-16(14(3)4)17(18)11-15/h5-6,11,13-14H,7-10,12H2,1-4H3. The molecule has 0 N–H and O–H groups in total. The third-order valence-electron chi connectivity index (χ3n) is 3.97. The first-order valence-electron chi connectivity index (χ1n) is 7.74. The number of hydrogen-bond acceptors (Lipinski definition) is 2. The van der Waals surface area contributed by atoms with E-state index in [1.54, 1.807) is 0 Å². The fraction of sp³-hybridized carbons (Fsp3) is 0.647. The van der Waals surface area contributed by atoms with E-state index in [1.807, 2.05) is 0 Å². The summed E-state index contributed by atoms with van der Waals surface area (Å²) >= 11 is 6.40. The van der Waals surface area contributed by atoms with Crippen molar-refractivity contribution in [2.24, 2.45) is 5.92 Å². The van der Waals surface area contributed by atoms with E-state index in [-0.39, 0.29) is 0 Å². The van der Waals surface area contributed by atoms with Gasteiger partial charge < -0.3 is 4.90 Å². The van der Waals surface area contributed by atoms with Gasteiger partial charge in [-0.2, -0.15) is 0 Å². The van der Waals surface area contributed by atoms with Gasteiger partial charge in [-0.1, -0.05) is 45.4 Å². The van der Waals surface area contributed by atoms with E-state index in [2.05, 4.69) is 55.7 Å². The van der Waals surface area contributed by atoms with Crippen LogP contribution in [-0.4, -0.2) is 37.6 Å². The Bertz CT molecular complexity index is 435. The van der Waals surface area contributed by atoms with Gasteiger partial charge in [-0.15, -0.1) is 0 Å². The van der Waals surface area contributed by atoms with Crippen molar-refractivity contribution in [3.63, 3.8) is 0 Å². The summed E-state index contributed by atoms with van der Waals surface area (Å²) in [4.78, 5) is 5.01. The van der Waals surface area contributed by atoms with Gasteiger partial charge in [-0.25, -0.2) is 0 Å². The molecule has 2 rings (SSSR count). The number of hydrogen-bond donors (Lipinski definition) is 0. The molecule has 1 heterocycles. The highest BCUT2D eigenvalue weighted by atomic mass is 35.5. The van der Waals surface area contributed by atoms with Gasteiger partial charge in [0.05, 0.1) is 0 Å². The van der Waals surface area contributed by atoms with Gasteiger partial charge in [0, 0.05) is 43.4 Å². The normalized spacial score (nSPS) is 17.2. The lowest BCUT2D eigenvalue weighted by Crippen LogP contribution is -2.47. The summed E-state index contributed by atoms with van der Waals surface area (Å²) in [6.07, 6.45) is 0. The van der Waals surface area contributed by atoms with E-state index in [4.69, 9.17) is 11.6 Å². The number of piperazine rings is 1. The van der Waals surface area contributed by atoms with Crippen molar-refractivity contribution in [2.75, 3.05) is 37.6 Å². The van der Waals surface area contributed by atoms with Crippen LogP contribution in [0.3, 0.4) is 0 Å². The zero-order valence-electron chi connectivity index (χ0n) is 13.2. The van der Waals surface area contributed by atoms with E-state index < -0.39 is 0 Å². The Kier molecular flexibility index (Phi) is 5.34. The van der Waals surface area contributed by atoms with Crippen LogP contribution in [0, 0.1) is 5.92 Å². The third-order valence-corrected chi connectivity index (χ3v) is 4.29. The molecule has 0 amide bonds. The topological polar surface area (TPSA) is 6.48 Å². The predicted molar refractivity (Wildman–Crippen MR) is 89.0 cm³/mol. The first-order chi connectivity index (χ1) is 9.47. The van der Waals surface area contributed by atoms with E-state index >= 15 is 0 Å². The van der Waals surface area contributed by atoms with Gasteiger partial charge in [0.2, 0.25) is 0 Å². The maximum atomic E-state index is 6.40. The third kappa shape index (κ3) is 3.89. The number of benzene rings is 1. The van der Waals surface area contributed by atoms with E-state index in [0.717, 1.165) is 37.1 Å². The maximum Gasteiger partial charge on any atom is 0.0461 e. The highest BCUT2D eigenvalue weighted by Crippen LogP contribution is 2.29.